The molecule has 2 heterocycles. The molecule has 3 nitrogen and oxygen atoms in total. The fourth-order valence-corrected chi connectivity index (χ4v) is 3.40. The second-order valence-corrected chi connectivity index (χ2v) is 6.17. The molecule has 1 aromatic heterocycles. The number of carbonyl (C=O) groups is 1. The van der Waals surface area contributed by atoms with Crippen LogP contribution in [0.2, 0.25) is 0 Å². The summed E-state index contributed by atoms with van der Waals surface area (Å²) in [5.41, 5.74) is 1.78. The van der Waals surface area contributed by atoms with Crippen molar-refractivity contribution in [1.82, 2.24) is 4.98 Å². The lowest BCUT2D eigenvalue weighted by Gasteiger charge is -2.22. The van der Waals surface area contributed by atoms with Crippen LogP contribution in [0.5, 0.6) is 0 Å². The largest absolute Gasteiger partial charge is 0.378 e. The van der Waals surface area contributed by atoms with Crippen LogP contribution < -0.4 is 0 Å². The number of hydrogen-bond acceptors (Lipinski definition) is 2. The van der Waals surface area contributed by atoms with Gasteiger partial charge in [0.15, 0.2) is 5.78 Å². The van der Waals surface area contributed by atoms with Gasteiger partial charge in [-0.25, -0.2) is 0 Å². The highest BCUT2D eigenvalue weighted by atomic mass is 79.9. The van der Waals surface area contributed by atoms with Crippen LogP contribution in [0.4, 0.5) is 0 Å². The van der Waals surface area contributed by atoms with E-state index in [1.54, 1.807) is 0 Å². The van der Waals surface area contributed by atoms with Gasteiger partial charge in [-0.3, -0.25) is 4.79 Å². The van der Waals surface area contributed by atoms with Crippen molar-refractivity contribution in [1.29, 1.82) is 0 Å². The lowest BCUT2D eigenvalue weighted by Crippen LogP contribution is -2.19. The van der Waals surface area contributed by atoms with Crippen LogP contribution in [0, 0.1) is 0 Å². The third-order valence-electron chi connectivity index (χ3n) is 3.92. The van der Waals surface area contributed by atoms with Crippen molar-refractivity contribution in [2.45, 2.75) is 38.2 Å². The Morgan fingerprint density at radius 2 is 2.30 bits per heavy atom. The average Bonchev–Trinajstić information content (AvgIpc) is 2.91. The summed E-state index contributed by atoms with van der Waals surface area (Å²) in [7, 11) is 0. The molecule has 0 saturated carbocycles. The number of aromatic amines is 1. The molecule has 1 N–H and O–H groups in total. The molecular weight excluding hydrogens is 318 g/mol. The number of rotatable bonds is 4. The molecule has 4 heteroatoms. The second-order valence-electron chi connectivity index (χ2n) is 5.32. The summed E-state index contributed by atoms with van der Waals surface area (Å²) < 4.78 is 6.65. The SMILES string of the molecule is O=C(CCC1CCCCO1)c1c[nH]c2cccc(Br)c12. The summed E-state index contributed by atoms with van der Waals surface area (Å²) in [5, 5.41) is 0.988. The van der Waals surface area contributed by atoms with E-state index in [-0.39, 0.29) is 11.9 Å². The molecule has 20 heavy (non-hydrogen) atoms. The molecule has 0 bridgehead atoms. The summed E-state index contributed by atoms with van der Waals surface area (Å²) in [6.45, 7) is 0.845. The van der Waals surface area contributed by atoms with Gasteiger partial charge in [0.1, 0.15) is 0 Å². The highest BCUT2D eigenvalue weighted by Gasteiger charge is 2.18. The zero-order valence-electron chi connectivity index (χ0n) is 11.3. The number of fused-ring (bicyclic) bond motifs is 1. The number of nitrogens with one attached hydrogen (secondary N) is 1. The molecule has 1 unspecified atom stereocenters. The number of hydrogen-bond donors (Lipinski definition) is 1. The third-order valence-corrected chi connectivity index (χ3v) is 4.58. The fraction of sp³-hybridized carbons (Fsp3) is 0.438. The minimum atomic E-state index is 0.192. The minimum Gasteiger partial charge on any atom is -0.378 e. The maximum absolute atomic E-state index is 12.4. The Morgan fingerprint density at radius 1 is 1.40 bits per heavy atom. The Hall–Kier alpha value is -1.13. The number of Topliss-reactive ketones (excluding diaryl/α,β-unsaturated/α-hetero) is 1. The maximum Gasteiger partial charge on any atom is 0.165 e. The van der Waals surface area contributed by atoms with Gasteiger partial charge in [0, 0.05) is 40.2 Å². The predicted molar refractivity (Wildman–Crippen MR) is 83.2 cm³/mol. The van der Waals surface area contributed by atoms with Crippen LogP contribution in [0.1, 0.15) is 42.5 Å². The van der Waals surface area contributed by atoms with Crippen LogP contribution in [-0.2, 0) is 4.74 Å². The first kappa shape index (κ1) is 13.8. The first-order chi connectivity index (χ1) is 9.75. The van der Waals surface area contributed by atoms with Gasteiger partial charge < -0.3 is 9.72 Å². The highest BCUT2D eigenvalue weighted by Crippen LogP contribution is 2.28. The van der Waals surface area contributed by atoms with Crippen molar-refractivity contribution < 1.29 is 9.53 Å². The molecule has 1 atom stereocenters. The molecule has 3 rings (SSSR count). The molecule has 1 saturated heterocycles. The van der Waals surface area contributed by atoms with Gasteiger partial charge in [0.2, 0.25) is 0 Å². The van der Waals surface area contributed by atoms with Crippen molar-refractivity contribution in [3.05, 3.63) is 34.4 Å². The predicted octanol–water partition coefficient (Wildman–Crippen LogP) is 4.46. The number of H-pyrrole nitrogens is 1. The highest BCUT2D eigenvalue weighted by molar-refractivity contribution is 9.10. The number of ether oxygens (including phenoxy) is 1. The zero-order valence-corrected chi connectivity index (χ0v) is 12.9. The Kier molecular flexibility index (Phi) is 4.22. The van der Waals surface area contributed by atoms with Gasteiger partial charge in [-0.05, 0) is 37.8 Å². The van der Waals surface area contributed by atoms with Crippen molar-refractivity contribution in [3.8, 4) is 0 Å². The summed E-state index contributed by atoms with van der Waals surface area (Å²) >= 11 is 3.53. The van der Waals surface area contributed by atoms with Crippen LogP contribution >= 0.6 is 15.9 Å². The molecule has 1 aliphatic heterocycles. The second kappa shape index (κ2) is 6.10. The van der Waals surface area contributed by atoms with Crippen LogP contribution in [0.3, 0.4) is 0 Å². The van der Waals surface area contributed by atoms with Crippen molar-refractivity contribution in [3.63, 3.8) is 0 Å². The molecule has 0 radical (unpaired) electrons. The quantitative estimate of drug-likeness (QED) is 0.838. The lowest BCUT2D eigenvalue weighted by molar-refractivity contribution is 0.0104. The topological polar surface area (TPSA) is 42.1 Å². The third kappa shape index (κ3) is 2.81. The van der Waals surface area contributed by atoms with E-state index in [4.69, 9.17) is 4.74 Å². The fourth-order valence-electron chi connectivity index (χ4n) is 2.82. The van der Waals surface area contributed by atoms with Crippen molar-refractivity contribution in [2.24, 2.45) is 0 Å². The number of aromatic nitrogens is 1. The Labute approximate surface area is 126 Å². The summed E-state index contributed by atoms with van der Waals surface area (Å²) in [6, 6.07) is 5.92. The van der Waals surface area contributed by atoms with Crippen LogP contribution in [-0.4, -0.2) is 23.5 Å². The Morgan fingerprint density at radius 3 is 3.10 bits per heavy atom. The van der Waals surface area contributed by atoms with E-state index >= 15 is 0 Å². The van der Waals surface area contributed by atoms with E-state index in [0.717, 1.165) is 46.8 Å². The monoisotopic (exact) mass is 335 g/mol. The normalized spacial score (nSPS) is 19.4. The standard InChI is InChI=1S/C16H18BrNO2/c17-13-5-3-6-14-16(13)12(10-18-14)15(19)8-7-11-4-1-2-9-20-11/h3,5-6,10-11,18H,1-2,4,7-9H2. The number of benzene rings is 1. The molecule has 0 amide bonds. The Bertz CT molecular complexity index is 614. The molecule has 0 aliphatic carbocycles. The smallest absolute Gasteiger partial charge is 0.165 e. The van der Waals surface area contributed by atoms with Gasteiger partial charge in [-0.1, -0.05) is 22.0 Å². The van der Waals surface area contributed by atoms with Gasteiger partial charge in [-0.15, -0.1) is 0 Å². The molecule has 1 aromatic carbocycles. The molecule has 106 valence electrons. The number of ketones is 1. The molecule has 0 spiro atoms. The van der Waals surface area contributed by atoms with Gasteiger partial charge >= 0.3 is 0 Å². The summed E-state index contributed by atoms with van der Waals surface area (Å²) in [4.78, 5) is 15.6. The van der Waals surface area contributed by atoms with E-state index in [2.05, 4.69) is 20.9 Å². The number of carbonyl (C=O) groups excluding carboxylic acids is 1. The van der Waals surface area contributed by atoms with Crippen LogP contribution in [0.15, 0.2) is 28.9 Å². The van der Waals surface area contributed by atoms with Crippen molar-refractivity contribution in [2.75, 3.05) is 6.61 Å². The van der Waals surface area contributed by atoms with Gasteiger partial charge in [-0.2, -0.15) is 0 Å². The zero-order chi connectivity index (χ0) is 13.9. The molecule has 2 aromatic rings. The van der Waals surface area contributed by atoms with Crippen LogP contribution in [0.25, 0.3) is 10.9 Å². The molecular formula is C16H18BrNO2. The van der Waals surface area contributed by atoms with E-state index < -0.39 is 0 Å². The van der Waals surface area contributed by atoms with Gasteiger partial charge in [0.25, 0.3) is 0 Å². The van der Waals surface area contributed by atoms with E-state index in [0.29, 0.717) is 6.42 Å². The Balaban J connectivity index is 1.72. The van der Waals surface area contributed by atoms with E-state index in [9.17, 15) is 4.79 Å². The molecule has 1 fully saturated rings. The van der Waals surface area contributed by atoms with Crippen molar-refractivity contribution >= 4 is 32.6 Å². The molecule has 1 aliphatic rings. The van der Waals surface area contributed by atoms with E-state index in [1.807, 2.05) is 24.4 Å². The van der Waals surface area contributed by atoms with Gasteiger partial charge in [0.05, 0.1) is 6.10 Å². The average molecular weight is 336 g/mol. The minimum absolute atomic E-state index is 0.192. The first-order valence-electron chi connectivity index (χ1n) is 7.16. The summed E-state index contributed by atoms with van der Waals surface area (Å²) in [5.74, 6) is 0.192. The maximum atomic E-state index is 12.4. The lowest BCUT2D eigenvalue weighted by atomic mass is 10.00. The first-order valence-corrected chi connectivity index (χ1v) is 7.95. The number of halogens is 1. The van der Waals surface area contributed by atoms with E-state index in [1.165, 1.54) is 6.42 Å². The summed E-state index contributed by atoms with van der Waals surface area (Å²) in [6.07, 6.45) is 6.93.